The Morgan fingerprint density at radius 2 is 1.90 bits per heavy atom. The van der Waals surface area contributed by atoms with E-state index in [4.69, 9.17) is 4.98 Å². The molecule has 1 N–H and O–H groups in total. The molecular weight excluding hydrogens is 513 g/mol. The second-order valence-electron chi connectivity index (χ2n) is 10.0. The number of amides is 2. The minimum atomic E-state index is -4.62. The highest BCUT2D eigenvalue weighted by Gasteiger charge is 2.44. The molecule has 5 heterocycles. The van der Waals surface area contributed by atoms with Gasteiger partial charge < -0.3 is 19.5 Å². The third-order valence-electron chi connectivity index (χ3n) is 6.62. The number of urea groups is 1. The fourth-order valence-electron chi connectivity index (χ4n) is 4.95. The minimum absolute atomic E-state index is 0.00375. The molecular formula is C26H29F3N8O2. The molecule has 10 nitrogen and oxygen atoms in total. The molecule has 0 bridgehead atoms. The summed E-state index contributed by atoms with van der Waals surface area (Å²) in [6.07, 6.45) is -0.324. The average Bonchev–Trinajstić information content (AvgIpc) is 3.55. The van der Waals surface area contributed by atoms with Crippen molar-refractivity contribution in [3.05, 3.63) is 66.0 Å². The molecule has 0 aromatic carbocycles. The SMILES string of the molecule is Cc1cc(C(F)(F)F)cc(N2C(=O)N(CC(O)CN(C)C)C[C@H]2c2nccn2-c2ccc3ccn(C)c3n2)n1. The second-order valence-corrected chi connectivity index (χ2v) is 10.0. The zero-order valence-electron chi connectivity index (χ0n) is 22.0. The van der Waals surface area contributed by atoms with Crippen molar-refractivity contribution in [2.45, 2.75) is 25.2 Å². The summed E-state index contributed by atoms with van der Waals surface area (Å²) in [5.74, 6) is 0.816. The van der Waals surface area contributed by atoms with Gasteiger partial charge in [-0.25, -0.2) is 19.7 Å². The Morgan fingerprint density at radius 3 is 2.62 bits per heavy atom. The van der Waals surface area contributed by atoms with Crippen molar-refractivity contribution >= 4 is 22.9 Å². The first-order valence-corrected chi connectivity index (χ1v) is 12.3. The highest BCUT2D eigenvalue weighted by atomic mass is 19.4. The summed E-state index contributed by atoms with van der Waals surface area (Å²) in [5.41, 5.74) is -0.0337. The number of carbonyl (C=O) groups is 1. The van der Waals surface area contributed by atoms with Crippen LogP contribution in [0.2, 0.25) is 0 Å². The molecule has 5 rings (SSSR count). The molecule has 2 atom stereocenters. The van der Waals surface area contributed by atoms with E-state index in [0.29, 0.717) is 18.2 Å². The summed E-state index contributed by atoms with van der Waals surface area (Å²) in [6, 6.07) is 6.14. The van der Waals surface area contributed by atoms with Crippen LogP contribution in [0.5, 0.6) is 0 Å². The summed E-state index contributed by atoms with van der Waals surface area (Å²) in [7, 11) is 5.48. The van der Waals surface area contributed by atoms with E-state index in [1.807, 2.05) is 36.0 Å². The van der Waals surface area contributed by atoms with Crippen LogP contribution in [-0.2, 0) is 13.2 Å². The predicted molar refractivity (Wildman–Crippen MR) is 139 cm³/mol. The van der Waals surface area contributed by atoms with Crippen molar-refractivity contribution in [1.82, 2.24) is 33.9 Å². The van der Waals surface area contributed by atoms with E-state index in [2.05, 4.69) is 9.97 Å². The molecule has 1 saturated heterocycles. The number of aliphatic hydroxyl groups is 1. The van der Waals surface area contributed by atoms with Gasteiger partial charge in [0, 0.05) is 49.8 Å². The number of alkyl halides is 3. The minimum Gasteiger partial charge on any atom is -0.390 e. The van der Waals surface area contributed by atoms with Crippen LogP contribution in [0.1, 0.15) is 23.1 Å². The van der Waals surface area contributed by atoms with E-state index in [1.165, 1.54) is 16.7 Å². The highest BCUT2D eigenvalue weighted by Crippen LogP contribution is 2.37. The molecule has 0 saturated carbocycles. The standard InChI is InChI=1S/C26H29F3N8O2/c1-16-11-18(26(27,28)29)12-22(31-16)37-20(15-35(25(37)39)14-19(38)13-33(2)3)24-30-8-10-36(24)21-6-5-17-7-9-34(4)23(17)32-21/h5-12,19-20,38H,13-15H2,1-4H3/t19?,20-/m0/s1. The molecule has 13 heteroatoms. The fraction of sp³-hybridized carbons (Fsp3) is 0.385. The summed E-state index contributed by atoms with van der Waals surface area (Å²) >= 11 is 0. The number of aryl methyl sites for hydroxylation is 2. The van der Waals surface area contributed by atoms with Crippen LogP contribution in [0.25, 0.3) is 16.9 Å². The first kappa shape index (κ1) is 26.6. The number of pyridine rings is 2. The van der Waals surface area contributed by atoms with Gasteiger partial charge in [-0.1, -0.05) is 0 Å². The van der Waals surface area contributed by atoms with E-state index in [1.54, 1.807) is 36.0 Å². The summed E-state index contributed by atoms with van der Waals surface area (Å²) in [5, 5.41) is 11.5. The number of likely N-dealkylation sites (N-methyl/N-ethyl adjacent to an activating group) is 1. The molecule has 1 aliphatic heterocycles. The van der Waals surface area contributed by atoms with Gasteiger partial charge in [0.1, 0.15) is 29.1 Å². The Morgan fingerprint density at radius 1 is 1.13 bits per heavy atom. The lowest BCUT2D eigenvalue weighted by Crippen LogP contribution is -2.40. The van der Waals surface area contributed by atoms with E-state index in [-0.39, 0.29) is 24.6 Å². The predicted octanol–water partition coefficient (Wildman–Crippen LogP) is 3.39. The number of rotatable bonds is 7. The molecule has 4 aromatic rings. The number of aliphatic hydroxyl groups excluding tert-OH is 1. The van der Waals surface area contributed by atoms with Crippen LogP contribution >= 0.6 is 0 Å². The van der Waals surface area contributed by atoms with Crippen molar-refractivity contribution in [3.8, 4) is 5.82 Å². The number of fused-ring (bicyclic) bond motifs is 1. The van der Waals surface area contributed by atoms with E-state index >= 15 is 0 Å². The molecule has 1 unspecified atom stereocenters. The van der Waals surface area contributed by atoms with Crippen molar-refractivity contribution in [1.29, 1.82) is 0 Å². The second kappa shape index (κ2) is 9.97. The number of carbonyl (C=O) groups excluding carboxylic acids is 1. The Balaban J connectivity index is 1.59. The zero-order chi connectivity index (χ0) is 28.1. The molecule has 0 aliphatic carbocycles. The first-order valence-electron chi connectivity index (χ1n) is 12.3. The Bertz CT molecular complexity index is 1510. The quantitative estimate of drug-likeness (QED) is 0.385. The van der Waals surface area contributed by atoms with Crippen LogP contribution < -0.4 is 4.90 Å². The third-order valence-corrected chi connectivity index (χ3v) is 6.62. The summed E-state index contributed by atoms with van der Waals surface area (Å²) in [6.45, 7) is 1.84. The van der Waals surface area contributed by atoms with Crippen LogP contribution in [-0.4, -0.2) is 84.9 Å². The van der Waals surface area contributed by atoms with E-state index in [9.17, 15) is 23.1 Å². The summed E-state index contributed by atoms with van der Waals surface area (Å²) in [4.78, 5) is 31.7. The average molecular weight is 543 g/mol. The smallest absolute Gasteiger partial charge is 0.390 e. The Labute approximate surface area is 222 Å². The van der Waals surface area contributed by atoms with Gasteiger partial charge in [0.2, 0.25) is 0 Å². The largest absolute Gasteiger partial charge is 0.416 e. The number of β-amino-alcohol motifs (C(OH)–C–C–N with tert-alkyl or cyclic N) is 1. The number of nitrogens with zero attached hydrogens (tertiary/aromatic N) is 8. The van der Waals surface area contributed by atoms with Gasteiger partial charge in [-0.05, 0) is 51.4 Å². The van der Waals surface area contributed by atoms with Gasteiger partial charge in [0.05, 0.1) is 18.2 Å². The van der Waals surface area contributed by atoms with E-state index in [0.717, 1.165) is 23.2 Å². The highest BCUT2D eigenvalue weighted by molar-refractivity contribution is 5.94. The van der Waals surface area contributed by atoms with Gasteiger partial charge >= 0.3 is 12.2 Å². The van der Waals surface area contributed by atoms with Crippen LogP contribution in [0, 0.1) is 6.92 Å². The van der Waals surface area contributed by atoms with Crippen LogP contribution in [0.3, 0.4) is 0 Å². The van der Waals surface area contributed by atoms with Gasteiger partial charge in [-0.15, -0.1) is 0 Å². The van der Waals surface area contributed by atoms with Crippen LogP contribution in [0.15, 0.2) is 48.9 Å². The number of hydrogen-bond donors (Lipinski definition) is 1. The molecule has 2 amide bonds. The maximum atomic E-state index is 13.7. The number of aromatic nitrogens is 5. The number of halogens is 3. The lowest BCUT2D eigenvalue weighted by molar-refractivity contribution is -0.137. The third kappa shape index (κ3) is 5.19. The molecule has 206 valence electrons. The number of hydrogen-bond acceptors (Lipinski definition) is 6. The van der Waals surface area contributed by atoms with Crippen LogP contribution in [0.4, 0.5) is 23.8 Å². The molecule has 0 spiro atoms. The number of imidazole rings is 1. The van der Waals surface area contributed by atoms with Crippen molar-refractivity contribution in [2.24, 2.45) is 7.05 Å². The lowest BCUT2D eigenvalue weighted by atomic mass is 10.2. The number of anilines is 1. The van der Waals surface area contributed by atoms with Gasteiger partial charge in [-0.2, -0.15) is 13.2 Å². The van der Waals surface area contributed by atoms with Crippen molar-refractivity contribution in [2.75, 3.05) is 38.6 Å². The van der Waals surface area contributed by atoms with E-state index < -0.39 is 29.9 Å². The first-order chi connectivity index (χ1) is 18.4. The van der Waals surface area contributed by atoms with Gasteiger partial charge in [0.25, 0.3) is 0 Å². The summed E-state index contributed by atoms with van der Waals surface area (Å²) < 4.78 is 44.7. The Hall–Kier alpha value is -3.97. The normalized spacial score (nSPS) is 17.2. The fourth-order valence-corrected chi connectivity index (χ4v) is 4.95. The molecule has 1 aliphatic rings. The monoisotopic (exact) mass is 542 g/mol. The lowest BCUT2D eigenvalue weighted by Gasteiger charge is -2.24. The van der Waals surface area contributed by atoms with Gasteiger partial charge in [-0.3, -0.25) is 9.47 Å². The molecule has 0 radical (unpaired) electrons. The van der Waals surface area contributed by atoms with Crippen molar-refractivity contribution in [3.63, 3.8) is 0 Å². The zero-order valence-corrected chi connectivity index (χ0v) is 22.0. The maximum Gasteiger partial charge on any atom is 0.416 e. The Kier molecular flexibility index (Phi) is 6.81. The molecule has 39 heavy (non-hydrogen) atoms. The molecule has 1 fully saturated rings. The molecule has 4 aromatic heterocycles. The van der Waals surface area contributed by atoms with Gasteiger partial charge in [0.15, 0.2) is 0 Å². The topological polar surface area (TPSA) is 95.6 Å². The maximum absolute atomic E-state index is 13.7. The van der Waals surface area contributed by atoms with Crippen molar-refractivity contribution < 1.29 is 23.1 Å².